The van der Waals surface area contributed by atoms with Crippen molar-refractivity contribution in [1.82, 2.24) is 21.0 Å². The first-order valence-corrected chi connectivity index (χ1v) is 11.9. The van der Waals surface area contributed by atoms with Gasteiger partial charge in [-0.1, -0.05) is 32.0 Å². The van der Waals surface area contributed by atoms with Crippen LogP contribution in [0.2, 0.25) is 0 Å². The molecule has 0 saturated heterocycles. The summed E-state index contributed by atoms with van der Waals surface area (Å²) < 4.78 is 0. The Balaban J connectivity index is 1.86. The standard InChI is InChI=1S/C24H36N8O3/c1-14(2)20(21(26)33)31-23(35)24(32-22(34)17(25)7-5-11-28-13-29-27)10-9-19-16(12-24)15-6-3-4-8-18(15)30-19/h3-4,6,8,13-14,17,20,30H,5,7,9-12,25,27H2,1-2H3,(H2,26,33)(H,28,29)(H,31,35)(H,32,34)/t17-,20-,24-/m0/s1. The lowest BCUT2D eigenvalue weighted by molar-refractivity contribution is -0.137. The van der Waals surface area contributed by atoms with Gasteiger partial charge in [0.05, 0.1) is 12.4 Å². The average molecular weight is 485 g/mol. The number of carbonyl (C=O) groups is 3. The Morgan fingerprint density at radius 1 is 1.26 bits per heavy atom. The SMILES string of the molecule is CC(C)[C@H](NC(=O)[C@]1(NC(=O)[C@@H](N)CCCN=CNN)CCc2[nH]c3ccccc3c2C1)C(N)=O. The molecule has 190 valence electrons. The molecule has 0 saturated carbocycles. The number of aryl methyl sites for hydroxylation is 1. The van der Waals surface area contributed by atoms with Crippen molar-refractivity contribution < 1.29 is 14.4 Å². The normalized spacial score (nSPS) is 19.3. The molecule has 2 aromatic rings. The van der Waals surface area contributed by atoms with Crippen molar-refractivity contribution in [1.29, 1.82) is 0 Å². The van der Waals surface area contributed by atoms with Gasteiger partial charge in [-0.2, -0.15) is 0 Å². The maximum atomic E-state index is 13.7. The molecule has 1 aromatic carbocycles. The third-order valence-corrected chi connectivity index (χ3v) is 6.54. The summed E-state index contributed by atoms with van der Waals surface area (Å²) in [6.07, 6.45) is 3.52. The minimum absolute atomic E-state index is 0.206. The molecule has 11 heteroatoms. The first-order valence-electron chi connectivity index (χ1n) is 11.9. The number of para-hydroxylation sites is 1. The number of nitrogens with zero attached hydrogens (tertiary/aromatic N) is 1. The molecule has 0 aliphatic heterocycles. The van der Waals surface area contributed by atoms with Gasteiger partial charge in [-0.25, -0.2) is 5.84 Å². The van der Waals surface area contributed by atoms with Crippen LogP contribution in [0.25, 0.3) is 10.9 Å². The van der Waals surface area contributed by atoms with Crippen molar-refractivity contribution in [3.8, 4) is 0 Å². The highest BCUT2D eigenvalue weighted by atomic mass is 16.2. The number of primary amides is 1. The third kappa shape index (κ3) is 5.98. The predicted octanol–water partition coefficient (Wildman–Crippen LogP) is -0.263. The summed E-state index contributed by atoms with van der Waals surface area (Å²) >= 11 is 0. The van der Waals surface area contributed by atoms with Crippen molar-refractivity contribution in [3.05, 3.63) is 35.5 Å². The number of aromatic nitrogens is 1. The van der Waals surface area contributed by atoms with E-state index < -0.39 is 35.3 Å². The third-order valence-electron chi connectivity index (χ3n) is 6.54. The van der Waals surface area contributed by atoms with E-state index >= 15 is 0 Å². The highest BCUT2D eigenvalue weighted by Gasteiger charge is 2.45. The van der Waals surface area contributed by atoms with Gasteiger partial charge in [0, 0.05) is 29.6 Å². The summed E-state index contributed by atoms with van der Waals surface area (Å²) in [7, 11) is 0. The fourth-order valence-corrected chi connectivity index (χ4v) is 4.58. The molecule has 0 spiro atoms. The summed E-state index contributed by atoms with van der Waals surface area (Å²) in [5.74, 6) is 3.45. The number of aliphatic imine (C=N–C) groups is 1. The van der Waals surface area contributed by atoms with Crippen LogP contribution in [0.3, 0.4) is 0 Å². The van der Waals surface area contributed by atoms with Crippen LogP contribution in [0.5, 0.6) is 0 Å². The van der Waals surface area contributed by atoms with E-state index in [1.165, 1.54) is 6.34 Å². The highest BCUT2D eigenvalue weighted by molar-refractivity contribution is 5.97. The van der Waals surface area contributed by atoms with E-state index in [9.17, 15) is 14.4 Å². The Kier molecular flexibility index (Phi) is 8.47. The smallest absolute Gasteiger partial charge is 0.246 e. The molecule has 10 N–H and O–H groups in total. The monoisotopic (exact) mass is 484 g/mol. The van der Waals surface area contributed by atoms with Gasteiger partial charge in [0.25, 0.3) is 0 Å². The molecule has 3 rings (SSSR count). The van der Waals surface area contributed by atoms with Gasteiger partial charge in [0.2, 0.25) is 17.7 Å². The minimum Gasteiger partial charge on any atom is -0.368 e. The topological polar surface area (TPSA) is 194 Å². The molecular formula is C24H36N8O3. The number of hydrogen-bond donors (Lipinski definition) is 7. The summed E-state index contributed by atoms with van der Waals surface area (Å²) in [5, 5.41) is 6.74. The van der Waals surface area contributed by atoms with E-state index in [1.54, 1.807) is 13.8 Å². The van der Waals surface area contributed by atoms with E-state index in [2.05, 4.69) is 26.0 Å². The molecule has 3 amide bonds. The number of amides is 3. The predicted molar refractivity (Wildman–Crippen MR) is 135 cm³/mol. The zero-order valence-electron chi connectivity index (χ0n) is 20.3. The van der Waals surface area contributed by atoms with Crippen molar-refractivity contribution in [2.45, 2.75) is 63.6 Å². The molecular weight excluding hydrogens is 448 g/mol. The molecule has 11 nitrogen and oxygen atoms in total. The average Bonchev–Trinajstić information content (AvgIpc) is 3.19. The summed E-state index contributed by atoms with van der Waals surface area (Å²) in [6.45, 7) is 4.07. The van der Waals surface area contributed by atoms with Gasteiger partial charge < -0.3 is 32.5 Å². The molecule has 1 aromatic heterocycles. The molecule has 1 heterocycles. The zero-order chi connectivity index (χ0) is 25.6. The lowest BCUT2D eigenvalue weighted by Crippen LogP contribution is -2.66. The summed E-state index contributed by atoms with van der Waals surface area (Å²) in [4.78, 5) is 46.2. The summed E-state index contributed by atoms with van der Waals surface area (Å²) in [5.41, 5.74) is 15.7. The first kappa shape index (κ1) is 26.2. The Labute approximate surface area is 204 Å². The largest absolute Gasteiger partial charge is 0.368 e. The Morgan fingerprint density at radius 3 is 2.69 bits per heavy atom. The lowest BCUT2D eigenvalue weighted by Gasteiger charge is -2.38. The van der Waals surface area contributed by atoms with Crippen LogP contribution in [0.1, 0.15) is 44.4 Å². The Hall–Kier alpha value is -3.44. The van der Waals surface area contributed by atoms with E-state index in [0.717, 1.165) is 22.2 Å². The van der Waals surface area contributed by atoms with Gasteiger partial charge in [0.1, 0.15) is 11.6 Å². The highest BCUT2D eigenvalue weighted by Crippen LogP contribution is 2.34. The maximum absolute atomic E-state index is 13.7. The number of hydrazine groups is 1. The maximum Gasteiger partial charge on any atom is 0.246 e. The molecule has 0 bridgehead atoms. The van der Waals surface area contributed by atoms with Crippen LogP contribution in [0.15, 0.2) is 29.3 Å². The fourth-order valence-electron chi connectivity index (χ4n) is 4.58. The van der Waals surface area contributed by atoms with Crippen LogP contribution in [-0.4, -0.2) is 53.2 Å². The van der Waals surface area contributed by atoms with Crippen molar-refractivity contribution >= 4 is 35.0 Å². The van der Waals surface area contributed by atoms with Crippen LogP contribution in [0.4, 0.5) is 0 Å². The lowest BCUT2D eigenvalue weighted by atomic mass is 9.78. The number of benzene rings is 1. The van der Waals surface area contributed by atoms with Crippen LogP contribution in [0, 0.1) is 5.92 Å². The molecule has 1 aliphatic carbocycles. The van der Waals surface area contributed by atoms with E-state index in [1.807, 2.05) is 24.3 Å². The number of carbonyl (C=O) groups excluding carboxylic acids is 3. The Bertz CT molecular complexity index is 1100. The second-order valence-corrected chi connectivity index (χ2v) is 9.42. The minimum atomic E-state index is -1.27. The van der Waals surface area contributed by atoms with Crippen LogP contribution < -0.4 is 33.4 Å². The summed E-state index contributed by atoms with van der Waals surface area (Å²) in [6, 6.07) is 6.17. The molecule has 0 fully saturated rings. The van der Waals surface area contributed by atoms with Crippen molar-refractivity contribution in [3.63, 3.8) is 0 Å². The molecule has 1 aliphatic rings. The van der Waals surface area contributed by atoms with Gasteiger partial charge in [-0.15, -0.1) is 0 Å². The molecule has 0 radical (unpaired) electrons. The van der Waals surface area contributed by atoms with Crippen LogP contribution in [-0.2, 0) is 27.2 Å². The molecule has 0 unspecified atom stereocenters. The van der Waals surface area contributed by atoms with E-state index in [-0.39, 0.29) is 12.3 Å². The first-order chi connectivity index (χ1) is 16.7. The van der Waals surface area contributed by atoms with E-state index in [0.29, 0.717) is 32.2 Å². The Morgan fingerprint density at radius 2 is 2.00 bits per heavy atom. The van der Waals surface area contributed by atoms with Gasteiger partial charge in [-0.05, 0) is 43.2 Å². The number of aromatic amines is 1. The fraction of sp³-hybridized carbons (Fsp3) is 0.500. The van der Waals surface area contributed by atoms with Gasteiger partial charge in [-0.3, -0.25) is 19.4 Å². The van der Waals surface area contributed by atoms with Crippen LogP contribution >= 0.6 is 0 Å². The number of H-pyrrole nitrogens is 1. The zero-order valence-corrected chi connectivity index (χ0v) is 20.3. The van der Waals surface area contributed by atoms with Gasteiger partial charge in [0.15, 0.2) is 0 Å². The number of nitrogens with two attached hydrogens (primary N) is 3. The number of rotatable bonds is 11. The molecule has 35 heavy (non-hydrogen) atoms. The van der Waals surface area contributed by atoms with E-state index in [4.69, 9.17) is 17.3 Å². The van der Waals surface area contributed by atoms with Crippen molar-refractivity contribution in [2.24, 2.45) is 28.2 Å². The second kappa shape index (κ2) is 11.3. The van der Waals surface area contributed by atoms with Gasteiger partial charge >= 0.3 is 0 Å². The van der Waals surface area contributed by atoms with Crippen molar-refractivity contribution in [2.75, 3.05) is 6.54 Å². The molecule has 3 atom stereocenters. The number of nitrogens with one attached hydrogen (secondary N) is 4. The second-order valence-electron chi connectivity index (χ2n) is 9.42. The quantitative estimate of drug-likeness (QED) is 0.0754. The number of fused-ring (bicyclic) bond motifs is 3. The number of hydrogen-bond acceptors (Lipinski definition) is 6.